The van der Waals surface area contributed by atoms with Crippen molar-refractivity contribution in [1.82, 2.24) is 0 Å². The SMILES string of the molecule is CCC1CCCC(CCCCCCCCCCC2CCCCC2C=O)C1. The van der Waals surface area contributed by atoms with Crippen molar-refractivity contribution in [3.05, 3.63) is 0 Å². The van der Waals surface area contributed by atoms with Crippen LogP contribution in [-0.4, -0.2) is 6.29 Å². The van der Waals surface area contributed by atoms with Gasteiger partial charge in [0, 0.05) is 5.92 Å². The second-order valence-electron chi connectivity index (χ2n) is 9.56. The Morgan fingerprint density at radius 2 is 1.31 bits per heavy atom. The molecule has 0 heterocycles. The highest BCUT2D eigenvalue weighted by Crippen LogP contribution is 2.34. The molecule has 0 N–H and O–H groups in total. The lowest BCUT2D eigenvalue weighted by Crippen LogP contribution is -2.20. The Labute approximate surface area is 164 Å². The van der Waals surface area contributed by atoms with Gasteiger partial charge in [-0.15, -0.1) is 0 Å². The number of aldehydes is 1. The van der Waals surface area contributed by atoms with Gasteiger partial charge in [-0.05, 0) is 43.4 Å². The Kier molecular flexibility index (Phi) is 11.6. The highest BCUT2D eigenvalue weighted by Gasteiger charge is 2.23. The van der Waals surface area contributed by atoms with Gasteiger partial charge in [-0.1, -0.05) is 103 Å². The number of hydrogen-bond acceptors (Lipinski definition) is 1. The van der Waals surface area contributed by atoms with Crippen molar-refractivity contribution in [3.63, 3.8) is 0 Å². The molecule has 2 fully saturated rings. The molecule has 4 unspecified atom stereocenters. The van der Waals surface area contributed by atoms with E-state index in [1.165, 1.54) is 122 Å². The Balaban J connectivity index is 1.36. The van der Waals surface area contributed by atoms with Gasteiger partial charge in [0.2, 0.25) is 0 Å². The topological polar surface area (TPSA) is 17.1 Å². The van der Waals surface area contributed by atoms with E-state index in [4.69, 9.17) is 0 Å². The average Bonchev–Trinajstić information content (AvgIpc) is 2.69. The van der Waals surface area contributed by atoms with Gasteiger partial charge in [-0.2, -0.15) is 0 Å². The van der Waals surface area contributed by atoms with Crippen LogP contribution >= 0.6 is 0 Å². The average molecular weight is 363 g/mol. The monoisotopic (exact) mass is 362 g/mol. The van der Waals surface area contributed by atoms with Crippen molar-refractivity contribution in [1.29, 1.82) is 0 Å². The van der Waals surface area contributed by atoms with Crippen LogP contribution in [0.2, 0.25) is 0 Å². The third kappa shape index (κ3) is 8.57. The molecule has 0 saturated heterocycles. The Morgan fingerprint density at radius 3 is 2.00 bits per heavy atom. The fourth-order valence-corrected chi connectivity index (χ4v) is 5.71. The van der Waals surface area contributed by atoms with Crippen molar-refractivity contribution in [3.8, 4) is 0 Å². The molecule has 0 aromatic rings. The standard InChI is InChI=1S/C25H46O/c1-2-22-15-13-16-23(20-22)14-9-7-5-3-4-6-8-10-17-24-18-11-12-19-25(24)21-26/h21-25H,2-20H2,1H3. The fraction of sp³-hybridized carbons (Fsp3) is 0.960. The van der Waals surface area contributed by atoms with Gasteiger partial charge >= 0.3 is 0 Å². The minimum atomic E-state index is 0.389. The van der Waals surface area contributed by atoms with Crippen LogP contribution in [0.25, 0.3) is 0 Å². The van der Waals surface area contributed by atoms with Crippen molar-refractivity contribution in [2.24, 2.45) is 23.7 Å². The molecule has 0 radical (unpaired) electrons. The van der Waals surface area contributed by atoms with Crippen LogP contribution < -0.4 is 0 Å². The van der Waals surface area contributed by atoms with E-state index in [2.05, 4.69) is 6.92 Å². The molecule has 0 amide bonds. The molecule has 0 aromatic carbocycles. The lowest BCUT2D eigenvalue weighted by molar-refractivity contribution is -0.113. The normalized spacial score (nSPS) is 29.6. The van der Waals surface area contributed by atoms with Gasteiger partial charge in [0.25, 0.3) is 0 Å². The van der Waals surface area contributed by atoms with Crippen LogP contribution in [0.5, 0.6) is 0 Å². The molecule has 0 aliphatic heterocycles. The van der Waals surface area contributed by atoms with Crippen molar-refractivity contribution in [2.45, 2.75) is 129 Å². The maximum atomic E-state index is 11.2. The third-order valence-corrected chi connectivity index (χ3v) is 7.55. The first-order chi connectivity index (χ1) is 12.8. The van der Waals surface area contributed by atoms with Gasteiger partial charge in [0.15, 0.2) is 0 Å². The van der Waals surface area contributed by atoms with Gasteiger partial charge in [0.05, 0.1) is 0 Å². The maximum Gasteiger partial charge on any atom is 0.123 e. The molecule has 0 aromatic heterocycles. The number of hydrogen-bond donors (Lipinski definition) is 0. The minimum Gasteiger partial charge on any atom is -0.303 e. The molecule has 2 saturated carbocycles. The predicted octanol–water partition coefficient (Wildman–Crippen LogP) is 8.11. The summed E-state index contributed by atoms with van der Waals surface area (Å²) in [5, 5.41) is 0. The quantitative estimate of drug-likeness (QED) is 0.239. The molecular formula is C25H46O. The van der Waals surface area contributed by atoms with Crippen molar-refractivity contribution in [2.75, 3.05) is 0 Å². The van der Waals surface area contributed by atoms with Crippen molar-refractivity contribution < 1.29 is 4.79 Å². The van der Waals surface area contributed by atoms with Crippen LogP contribution in [0.4, 0.5) is 0 Å². The number of unbranched alkanes of at least 4 members (excludes halogenated alkanes) is 7. The molecule has 152 valence electrons. The molecule has 4 atom stereocenters. The first kappa shape index (κ1) is 22.0. The third-order valence-electron chi connectivity index (χ3n) is 7.55. The van der Waals surface area contributed by atoms with E-state index >= 15 is 0 Å². The van der Waals surface area contributed by atoms with E-state index in [0.29, 0.717) is 11.8 Å². The molecule has 0 spiro atoms. The summed E-state index contributed by atoms with van der Waals surface area (Å²) in [7, 11) is 0. The Hall–Kier alpha value is -0.330. The smallest absolute Gasteiger partial charge is 0.123 e. The summed E-state index contributed by atoms with van der Waals surface area (Å²) >= 11 is 0. The summed E-state index contributed by atoms with van der Waals surface area (Å²) in [6.45, 7) is 2.38. The molecule has 26 heavy (non-hydrogen) atoms. The van der Waals surface area contributed by atoms with Crippen molar-refractivity contribution >= 4 is 6.29 Å². The highest BCUT2D eigenvalue weighted by atomic mass is 16.1. The van der Waals surface area contributed by atoms with Crippen LogP contribution in [-0.2, 0) is 4.79 Å². The molecule has 1 heteroatoms. The summed E-state index contributed by atoms with van der Waals surface area (Å²) < 4.78 is 0. The first-order valence-electron chi connectivity index (χ1n) is 12.3. The second-order valence-corrected chi connectivity index (χ2v) is 9.56. The molecule has 2 aliphatic carbocycles. The molecule has 1 nitrogen and oxygen atoms in total. The molecule has 2 rings (SSSR count). The molecule has 2 aliphatic rings. The van der Waals surface area contributed by atoms with Gasteiger partial charge in [-0.25, -0.2) is 0 Å². The lowest BCUT2D eigenvalue weighted by Gasteiger charge is -2.28. The van der Waals surface area contributed by atoms with Crippen LogP contribution in [0.15, 0.2) is 0 Å². The highest BCUT2D eigenvalue weighted by molar-refractivity contribution is 5.54. The van der Waals surface area contributed by atoms with E-state index in [0.717, 1.165) is 18.3 Å². The maximum absolute atomic E-state index is 11.2. The van der Waals surface area contributed by atoms with Crippen LogP contribution in [0.1, 0.15) is 129 Å². The first-order valence-corrected chi connectivity index (χ1v) is 12.3. The Morgan fingerprint density at radius 1 is 0.692 bits per heavy atom. The summed E-state index contributed by atoms with van der Waals surface area (Å²) in [5.74, 6) is 3.21. The molecule has 0 bridgehead atoms. The van der Waals surface area contributed by atoms with E-state index in [9.17, 15) is 4.79 Å². The zero-order valence-corrected chi connectivity index (χ0v) is 17.7. The lowest BCUT2D eigenvalue weighted by atomic mass is 9.77. The summed E-state index contributed by atoms with van der Waals surface area (Å²) in [6, 6.07) is 0. The van der Waals surface area contributed by atoms with Gasteiger partial charge in [-0.3, -0.25) is 0 Å². The van der Waals surface area contributed by atoms with Crippen LogP contribution in [0.3, 0.4) is 0 Å². The minimum absolute atomic E-state index is 0.389. The van der Waals surface area contributed by atoms with Crippen LogP contribution in [0, 0.1) is 23.7 Å². The summed E-state index contributed by atoms with van der Waals surface area (Å²) in [5.41, 5.74) is 0. The number of rotatable bonds is 13. The second kappa shape index (κ2) is 13.8. The summed E-state index contributed by atoms with van der Waals surface area (Å²) in [6.07, 6.45) is 28.1. The number of carbonyl (C=O) groups excluding carboxylic acids is 1. The van der Waals surface area contributed by atoms with Gasteiger partial charge < -0.3 is 4.79 Å². The van der Waals surface area contributed by atoms with E-state index in [1.54, 1.807) is 0 Å². The number of carbonyl (C=O) groups is 1. The zero-order chi connectivity index (χ0) is 18.5. The largest absolute Gasteiger partial charge is 0.303 e. The van der Waals surface area contributed by atoms with Gasteiger partial charge in [0.1, 0.15) is 6.29 Å². The fourth-order valence-electron chi connectivity index (χ4n) is 5.71. The summed E-state index contributed by atoms with van der Waals surface area (Å²) in [4.78, 5) is 11.2. The van der Waals surface area contributed by atoms with E-state index in [-0.39, 0.29) is 0 Å². The zero-order valence-electron chi connectivity index (χ0n) is 17.7. The van der Waals surface area contributed by atoms with E-state index in [1.807, 2.05) is 0 Å². The predicted molar refractivity (Wildman–Crippen MR) is 113 cm³/mol. The van der Waals surface area contributed by atoms with E-state index < -0.39 is 0 Å². The molecular weight excluding hydrogens is 316 g/mol. The Bertz CT molecular complexity index is 350.